The number of likely N-dealkylation sites (N-methyl/N-ethyl adjacent to an activating group) is 1. The van der Waals surface area contributed by atoms with Crippen LogP contribution in [0.15, 0.2) is 48.8 Å². The highest BCUT2D eigenvalue weighted by atomic mass is 19.1. The lowest BCUT2D eigenvalue weighted by molar-refractivity contribution is -0.122. The van der Waals surface area contributed by atoms with Crippen molar-refractivity contribution in [2.45, 2.75) is 24.8 Å². The Morgan fingerprint density at radius 1 is 1.23 bits per heavy atom. The zero-order valence-electron chi connectivity index (χ0n) is 16.8. The number of halogens is 1. The molecule has 2 N–H and O–H groups in total. The number of hydrogen-bond donors (Lipinski definition) is 1. The summed E-state index contributed by atoms with van der Waals surface area (Å²) in [4.78, 5) is 14.3. The van der Waals surface area contributed by atoms with E-state index in [-0.39, 0.29) is 29.6 Å². The van der Waals surface area contributed by atoms with Gasteiger partial charge in [0.25, 0.3) is 0 Å². The van der Waals surface area contributed by atoms with Gasteiger partial charge in [-0.25, -0.2) is 9.07 Å². The Morgan fingerprint density at radius 3 is 2.63 bits per heavy atom. The topological polar surface area (TPSA) is 99.2 Å². The minimum Gasteiger partial charge on any atom is -0.495 e. The molecule has 1 aromatic heterocycles. The molecule has 1 fully saturated rings. The number of hydrogen-bond acceptors (Lipinski definition) is 6. The quantitative estimate of drug-likeness (QED) is 0.669. The van der Waals surface area contributed by atoms with Crippen LogP contribution < -0.4 is 15.4 Å². The van der Waals surface area contributed by atoms with Gasteiger partial charge in [0, 0.05) is 24.9 Å². The lowest BCUT2D eigenvalue weighted by Crippen LogP contribution is -2.37. The fourth-order valence-electron chi connectivity index (χ4n) is 4.43. The molecule has 1 heterocycles. The number of primary amides is 1. The molecule has 9 heteroatoms. The third kappa shape index (κ3) is 3.58. The van der Waals surface area contributed by atoms with Crippen molar-refractivity contribution >= 4 is 11.6 Å². The van der Waals surface area contributed by atoms with E-state index in [0.29, 0.717) is 12.2 Å². The third-order valence-corrected chi connectivity index (χ3v) is 5.90. The van der Waals surface area contributed by atoms with Crippen molar-refractivity contribution in [3.63, 3.8) is 0 Å². The largest absolute Gasteiger partial charge is 0.495 e. The zero-order valence-corrected chi connectivity index (χ0v) is 16.8. The zero-order chi connectivity index (χ0) is 21.3. The fourth-order valence-corrected chi connectivity index (χ4v) is 4.43. The van der Waals surface area contributed by atoms with Gasteiger partial charge < -0.3 is 15.4 Å². The summed E-state index contributed by atoms with van der Waals surface area (Å²) in [5.41, 5.74) is 8.24. The first-order chi connectivity index (χ1) is 14.5. The molecule has 156 valence electrons. The van der Waals surface area contributed by atoms with Gasteiger partial charge in [0.2, 0.25) is 5.91 Å². The second-order valence-electron chi connectivity index (χ2n) is 7.45. The standard InChI is InChI=1S/C21H23FN6O2/c1-27(18-11-15(7-10-19(18)30-2)28-12-24-25-26-28)17-9-8-16(21(23)29)20(17)13-3-5-14(22)6-4-13/h3-7,10-12,16-17,20H,8-9H2,1-2H3,(H2,23,29). The summed E-state index contributed by atoms with van der Waals surface area (Å²) in [6.07, 6.45) is 2.96. The van der Waals surface area contributed by atoms with Crippen molar-refractivity contribution in [1.29, 1.82) is 0 Å². The second-order valence-corrected chi connectivity index (χ2v) is 7.45. The van der Waals surface area contributed by atoms with Crippen LogP contribution in [0.1, 0.15) is 24.3 Å². The van der Waals surface area contributed by atoms with E-state index in [1.807, 2.05) is 25.2 Å². The van der Waals surface area contributed by atoms with Crippen molar-refractivity contribution in [3.05, 3.63) is 60.2 Å². The third-order valence-electron chi connectivity index (χ3n) is 5.90. The monoisotopic (exact) mass is 410 g/mol. The molecule has 0 radical (unpaired) electrons. The Kier molecular flexibility index (Phi) is 5.35. The first kappa shape index (κ1) is 19.8. The number of nitrogens with zero attached hydrogens (tertiary/aromatic N) is 5. The van der Waals surface area contributed by atoms with Crippen molar-refractivity contribution in [2.75, 3.05) is 19.1 Å². The normalized spacial score (nSPS) is 20.8. The van der Waals surface area contributed by atoms with Crippen LogP contribution in [-0.2, 0) is 4.79 Å². The first-order valence-corrected chi connectivity index (χ1v) is 9.68. The molecule has 1 saturated carbocycles. The molecule has 0 spiro atoms. The number of methoxy groups -OCH3 is 1. The van der Waals surface area contributed by atoms with E-state index >= 15 is 0 Å². The number of carbonyl (C=O) groups is 1. The predicted octanol–water partition coefficient (Wildman–Crippen LogP) is 2.29. The molecular formula is C21H23FN6O2. The predicted molar refractivity (Wildman–Crippen MR) is 109 cm³/mol. The number of amides is 1. The Bertz CT molecular complexity index is 1020. The molecule has 3 unspecified atom stereocenters. The van der Waals surface area contributed by atoms with E-state index in [1.165, 1.54) is 18.5 Å². The second kappa shape index (κ2) is 8.10. The van der Waals surface area contributed by atoms with E-state index in [4.69, 9.17) is 10.5 Å². The van der Waals surface area contributed by atoms with E-state index < -0.39 is 0 Å². The van der Waals surface area contributed by atoms with E-state index in [1.54, 1.807) is 23.9 Å². The van der Waals surface area contributed by atoms with E-state index in [9.17, 15) is 9.18 Å². The highest BCUT2D eigenvalue weighted by Gasteiger charge is 2.42. The van der Waals surface area contributed by atoms with Gasteiger partial charge in [-0.3, -0.25) is 4.79 Å². The van der Waals surface area contributed by atoms with E-state index in [2.05, 4.69) is 20.4 Å². The molecule has 1 aliphatic carbocycles. The maximum absolute atomic E-state index is 13.5. The summed E-state index contributed by atoms with van der Waals surface area (Å²) in [6, 6.07) is 11.9. The van der Waals surface area contributed by atoms with Gasteiger partial charge in [0.1, 0.15) is 17.9 Å². The average molecular weight is 410 g/mol. The summed E-state index contributed by atoms with van der Waals surface area (Å²) in [5, 5.41) is 11.3. The molecule has 1 amide bonds. The van der Waals surface area contributed by atoms with Crippen LogP contribution in [0.3, 0.4) is 0 Å². The summed E-state index contributed by atoms with van der Waals surface area (Å²) < 4.78 is 20.6. The number of benzene rings is 2. The molecule has 3 aromatic rings. The maximum atomic E-state index is 13.5. The van der Waals surface area contributed by atoms with Crippen molar-refractivity contribution < 1.29 is 13.9 Å². The molecule has 0 bridgehead atoms. The van der Waals surface area contributed by atoms with Gasteiger partial charge >= 0.3 is 0 Å². The molecule has 0 aliphatic heterocycles. The molecule has 4 rings (SSSR count). The Balaban J connectivity index is 1.73. The van der Waals surface area contributed by atoms with Gasteiger partial charge in [-0.15, -0.1) is 5.10 Å². The van der Waals surface area contributed by atoms with Crippen LogP contribution in [0.4, 0.5) is 10.1 Å². The summed E-state index contributed by atoms with van der Waals surface area (Å²) in [5.74, 6) is -0.441. The van der Waals surface area contributed by atoms with Crippen LogP contribution in [0.5, 0.6) is 5.75 Å². The van der Waals surface area contributed by atoms with Crippen molar-refractivity contribution in [1.82, 2.24) is 20.2 Å². The van der Waals surface area contributed by atoms with Crippen LogP contribution in [-0.4, -0.2) is 46.3 Å². The van der Waals surface area contributed by atoms with Crippen LogP contribution in [0, 0.1) is 11.7 Å². The molecule has 1 aliphatic rings. The Morgan fingerprint density at radius 2 is 2.00 bits per heavy atom. The molecule has 3 atom stereocenters. The van der Waals surface area contributed by atoms with Gasteiger partial charge in [-0.1, -0.05) is 12.1 Å². The fraction of sp³-hybridized carbons (Fsp3) is 0.333. The number of tetrazole rings is 1. The van der Waals surface area contributed by atoms with Crippen LogP contribution in [0.2, 0.25) is 0 Å². The summed E-state index contributed by atoms with van der Waals surface area (Å²) in [6.45, 7) is 0. The van der Waals surface area contributed by atoms with Gasteiger partial charge in [-0.2, -0.15) is 0 Å². The SMILES string of the molecule is COc1ccc(-n2cnnn2)cc1N(C)C1CCC(C(N)=O)C1c1ccc(F)cc1. The summed E-state index contributed by atoms with van der Waals surface area (Å²) >= 11 is 0. The molecule has 0 saturated heterocycles. The van der Waals surface area contributed by atoms with Crippen LogP contribution >= 0.6 is 0 Å². The number of aromatic nitrogens is 4. The number of carbonyl (C=O) groups excluding carboxylic acids is 1. The minimum atomic E-state index is -0.338. The molecular weight excluding hydrogens is 387 g/mol. The maximum Gasteiger partial charge on any atom is 0.221 e. The highest BCUT2D eigenvalue weighted by Crippen LogP contribution is 2.45. The average Bonchev–Trinajstić information content (AvgIpc) is 3.43. The van der Waals surface area contributed by atoms with Crippen molar-refractivity contribution in [2.24, 2.45) is 11.7 Å². The smallest absolute Gasteiger partial charge is 0.221 e. The van der Waals surface area contributed by atoms with Crippen LogP contribution in [0.25, 0.3) is 5.69 Å². The molecule has 30 heavy (non-hydrogen) atoms. The highest BCUT2D eigenvalue weighted by molar-refractivity contribution is 5.79. The number of ether oxygens (including phenoxy) is 1. The minimum absolute atomic E-state index is 0.0222. The molecule has 2 aromatic carbocycles. The number of nitrogens with two attached hydrogens (primary N) is 1. The lowest BCUT2D eigenvalue weighted by Gasteiger charge is -2.34. The summed E-state index contributed by atoms with van der Waals surface area (Å²) in [7, 11) is 3.58. The van der Waals surface area contributed by atoms with Gasteiger partial charge in [-0.05, 0) is 59.2 Å². The molecule has 8 nitrogen and oxygen atoms in total. The number of anilines is 1. The Labute approximate surface area is 173 Å². The number of rotatable bonds is 6. The van der Waals surface area contributed by atoms with Gasteiger partial charge in [0.05, 0.1) is 18.5 Å². The van der Waals surface area contributed by atoms with E-state index in [0.717, 1.165) is 23.4 Å². The van der Waals surface area contributed by atoms with Crippen molar-refractivity contribution in [3.8, 4) is 11.4 Å². The first-order valence-electron chi connectivity index (χ1n) is 9.68. The Hall–Kier alpha value is -3.49. The lowest BCUT2D eigenvalue weighted by atomic mass is 9.85. The van der Waals surface area contributed by atoms with Gasteiger partial charge in [0.15, 0.2) is 0 Å².